The van der Waals surface area contributed by atoms with Gasteiger partial charge < -0.3 is 10.3 Å². The lowest BCUT2D eigenvalue weighted by molar-refractivity contribution is -0.113. The predicted molar refractivity (Wildman–Crippen MR) is 105 cm³/mol. The molecule has 2 aromatic carbocycles. The number of thioether (sulfide) groups is 1. The molecule has 2 heterocycles. The van der Waals surface area contributed by atoms with Crippen LogP contribution in [0.2, 0.25) is 0 Å². The third kappa shape index (κ3) is 4.02. The van der Waals surface area contributed by atoms with Crippen LogP contribution >= 0.6 is 11.8 Å². The molecule has 4 rings (SSSR count). The maximum absolute atomic E-state index is 13.2. The molecule has 1 amide bonds. The number of carbonyl (C=O) groups is 1. The molecule has 0 bridgehead atoms. The van der Waals surface area contributed by atoms with Crippen molar-refractivity contribution in [2.24, 2.45) is 0 Å². The highest BCUT2D eigenvalue weighted by Crippen LogP contribution is 2.18. The Bertz CT molecular complexity index is 1260. The number of carbonyl (C=O) groups excluding carboxylic acids is 1. The molecule has 0 spiro atoms. The van der Waals surface area contributed by atoms with Gasteiger partial charge in [-0.05, 0) is 24.3 Å². The minimum absolute atomic E-state index is 0.0904. The van der Waals surface area contributed by atoms with Gasteiger partial charge in [0.15, 0.2) is 22.4 Å². The molecule has 0 aliphatic carbocycles. The average Bonchev–Trinajstić information content (AvgIpc) is 3.14. The maximum atomic E-state index is 13.2. The summed E-state index contributed by atoms with van der Waals surface area (Å²) in [4.78, 5) is 31.4. The molecule has 0 aliphatic rings. The summed E-state index contributed by atoms with van der Waals surface area (Å²) in [7, 11) is 0. The van der Waals surface area contributed by atoms with Crippen LogP contribution in [0.25, 0.3) is 16.7 Å². The summed E-state index contributed by atoms with van der Waals surface area (Å²) in [6.07, 6.45) is 1.43. The van der Waals surface area contributed by atoms with Crippen LogP contribution < -0.4 is 10.9 Å². The van der Waals surface area contributed by atoms with Crippen molar-refractivity contribution in [3.63, 3.8) is 0 Å². The van der Waals surface area contributed by atoms with Crippen molar-refractivity contribution >= 4 is 34.4 Å². The van der Waals surface area contributed by atoms with E-state index < -0.39 is 17.5 Å². The van der Waals surface area contributed by atoms with Crippen molar-refractivity contribution in [3.05, 3.63) is 76.7 Å². The summed E-state index contributed by atoms with van der Waals surface area (Å²) in [5, 5.41) is 7.23. The van der Waals surface area contributed by atoms with Crippen molar-refractivity contribution in [2.75, 3.05) is 11.1 Å². The van der Waals surface area contributed by atoms with E-state index in [0.717, 1.165) is 29.6 Å². The van der Waals surface area contributed by atoms with Crippen LogP contribution in [-0.2, 0) is 4.79 Å². The van der Waals surface area contributed by atoms with E-state index in [9.17, 15) is 18.4 Å². The quantitative estimate of drug-likeness (QED) is 0.387. The summed E-state index contributed by atoms with van der Waals surface area (Å²) in [5.74, 6) is -2.60. The number of halogens is 2. The number of amides is 1. The fraction of sp³-hybridized carbons (Fsp3) is 0.0526. The van der Waals surface area contributed by atoms with Crippen molar-refractivity contribution < 1.29 is 13.6 Å². The Hall–Kier alpha value is -3.53. The second kappa shape index (κ2) is 7.84. The standard InChI is InChI=1S/C19H13F2N5O2S/c20-14-7-6-11(8-15(14)21)23-16(27)10-29-19-24-17-13(18(28)25-19)9-22-26(17)12-4-2-1-3-5-12/h1-9H,10H2,(H,23,27)(H,24,25,28). The number of anilines is 1. The van der Waals surface area contributed by atoms with E-state index >= 15 is 0 Å². The fourth-order valence-electron chi connectivity index (χ4n) is 2.63. The third-order valence-corrected chi connectivity index (χ3v) is 4.83. The monoisotopic (exact) mass is 413 g/mol. The van der Waals surface area contributed by atoms with Crippen molar-refractivity contribution in [2.45, 2.75) is 5.16 Å². The van der Waals surface area contributed by atoms with Crippen molar-refractivity contribution in [3.8, 4) is 5.69 Å². The second-order valence-corrected chi connectivity index (χ2v) is 6.93. The molecule has 2 aromatic heterocycles. The molecule has 0 saturated carbocycles. The van der Waals surface area contributed by atoms with Crippen LogP contribution in [0.4, 0.5) is 14.5 Å². The molecule has 0 atom stereocenters. The normalized spacial score (nSPS) is 11.0. The third-order valence-electron chi connectivity index (χ3n) is 3.96. The number of nitrogens with zero attached hydrogens (tertiary/aromatic N) is 3. The Morgan fingerprint density at radius 3 is 2.69 bits per heavy atom. The van der Waals surface area contributed by atoms with Crippen LogP contribution in [0.3, 0.4) is 0 Å². The molecular formula is C19H13F2N5O2S. The van der Waals surface area contributed by atoms with Crippen LogP contribution in [0.1, 0.15) is 0 Å². The minimum atomic E-state index is -1.05. The number of H-pyrrole nitrogens is 1. The number of para-hydroxylation sites is 1. The topological polar surface area (TPSA) is 92.7 Å². The van der Waals surface area contributed by atoms with E-state index in [1.807, 2.05) is 30.3 Å². The van der Waals surface area contributed by atoms with Gasteiger partial charge in [-0.2, -0.15) is 5.10 Å². The molecule has 10 heteroatoms. The highest BCUT2D eigenvalue weighted by atomic mass is 32.2. The first-order valence-corrected chi connectivity index (χ1v) is 9.41. The summed E-state index contributed by atoms with van der Waals surface area (Å²) >= 11 is 1.00. The van der Waals surface area contributed by atoms with Gasteiger partial charge in [0.05, 0.1) is 17.6 Å². The lowest BCUT2D eigenvalue weighted by Crippen LogP contribution is -2.16. The number of aromatic nitrogens is 4. The van der Waals surface area contributed by atoms with Crippen molar-refractivity contribution in [1.82, 2.24) is 19.7 Å². The van der Waals surface area contributed by atoms with Gasteiger partial charge in [-0.25, -0.2) is 18.4 Å². The molecule has 146 valence electrons. The summed E-state index contributed by atoms with van der Waals surface area (Å²) in [6.45, 7) is 0. The molecule has 0 fully saturated rings. The summed E-state index contributed by atoms with van der Waals surface area (Å²) in [6, 6.07) is 12.3. The molecule has 0 unspecified atom stereocenters. The zero-order valence-corrected chi connectivity index (χ0v) is 15.5. The van der Waals surface area contributed by atoms with E-state index in [1.54, 1.807) is 0 Å². The second-order valence-electron chi connectivity index (χ2n) is 5.97. The van der Waals surface area contributed by atoms with Crippen LogP contribution in [0.5, 0.6) is 0 Å². The fourth-order valence-corrected chi connectivity index (χ4v) is 3.29. The van der Waals surface area contributed by atoms with Crippen molar-refractivity contribution in [1.29, 1.82) is 0 Å². The van der Waals surface area contributed by atoms with Gasteiger partial charge in [-0.15, -0.1) is 0 Å². The lowest BCUT2D eigenvalue weighted by Gasteiger charge is -2.06. The van der Waals surface area contributed by atoms with E-state index in [0.29, 0.717) is 11.0 Å². The van der Waals surface area contributed by atoms with Gasteiger partial charge >= 0.3 is 0 Å². The Morgan fingerprint density at radius 1 is 1.14 bits per heavy atom. The Balaban J connectivity index is 1.53. The largest absolute Gasteiger partial charge is 0.325 e. The van der Waals surface area contributed by atoms with Gasteiger partial charge in [0.2, 0.25) is 5.91 Å². The molecule has 7 nitrogen and oxygen atoms in total. The van der Waals surface area contributed by atoms with Gasteiger partial charge in [0, 0.05) is 11.8 Å². The number of hydrogen-bond acceptors (Lipinski definition) is 5. The molecule has 0 radical (unpaired) electrons. The molecule has 4 aromatic rings. The van der Waals surface area contributed by atoms with Gasteiger partial charge in [-0.1, -0.05) is 30.0 Å². The SMILES string of the molecule is O=C(CSc1nc2c(cnn2-c2ccccc2)c(=O)[nH]1)Nc1ccc(F)c(F)c1. The van der Waals surface area contributed by atoms with E-state index in [2.05, 4.69) is 20.4 Å². The van der Waals surface area contributed by atoms with Crippen LogP contribution in [0, 0.1) is 11.6 Å². The lowest BCUT2D eigenvalue weighted by atomic mass is 10.3. The highest BCUT2D eigenvalue weighted by molar-refractivity contribution is 7.99. The Labute approximate surface area is 166 Å². The predicted octanol–water partition coefficient (Wildman–Crippen LogP) is 3.12. The average molecular weight is 413 g/mol. The first-order valence-electron chi connectivity index (χ1n) is 8.42. The van der Waals surface area contributed by atoms with Crippen LogP contribution in [0.15, 0.2) is 64.7 Å². The molecule has 0 aliphatic heterocycles. The molecule has 29 heavy (non-hydrogen) atoms. The number of hydrogen-bond donors (Lipinski definition) is 2. The Morgan fingerprint density at radius 2 is 1.93 bits per heavy atom. The molecule has 2 N–H and O–H groups in total. The number of nitrogens with one attached hydrogen (secondary N) is 2. The molecular weight excluding hydrogens is 400 g/mol. The van der Waals surface area contributed by atoms with Gasteiger partial charge in [-0.3, -0.25) is 9.59 Å². The smallest absolute Gasteiger partial charge is 0.262 e. The summed E-state index contributed by atoms with van der Waals surface area (Å²) in [5.41, 5.74) is 0.866. The van der Waals surface area contributed by atoms with Gasteiger partial charge in [0.1, 0.15) is 5.39 Å². The minimum Gasteiger partial charge on any atom is -0.325 e. The maximum Gasteiger partial charge on any atom is 0.262 e. The van der Waals surface area contributed by atoms with Gasteiger partial charge in [0.25, 0.3) is 5.56 Å². The zero-order chi connectivity index (χ0) is 20.4. The Kier molecular flexibility index (Phi) is 5.09. The highest BCUT2D eigenvalue weighted by Gasteiger charge is 2.13. The first-order chi connectivity index (χ1) is 14.0. The zero-order valence-electron chi connectivity index (χ0n) is 14.7. The number of benzene rings is 2. The first kappa shape index (κ1) is 18.8. The number of aromatic amines is 1. The van der Waals surface area contributed by atoms with E-state index in [4.69, 9.17) is 0 Å². The van der Waals surface area contributed by atoms with E-state index in [1.165, 1.54) is 16.9 Å². The molecule has 0 saturated heterocycles. The van der Waals surface area contributed by atoms with Crippen LogP contribution in [-0.4, -0.2) is 31.4 Å². The number of fused-ring (bicyclic) bond motifs is 1. The van der Waals surface area contributed by atoms with E-state index in [-0.39, 0.29) is 22.2 Å². The summed E-state index contributed by atoms with van der Waals surface area (Å²) < 4.78 is 27.7. The number of rotatable bonds is 5.